The van der Waals surface area contributed by atoms with Crippen LogP contribution in [0.1, 0.15) is 11.4 Å². The quantitative estimate of drug-likeness (QED) is 0.849. The number of nitrogens with zero attached hydrogens (tertiary/aromatic N) is 2. The lowest BCUT2D eigenvalue weighted by atomic mass is 10.1. The highest BCUT2D eigenvalue weighted by Gasteiger charge is 2.14. The molecule has 0 amide bonds. The highest BCUT2D eigenvalue weighted by atomic mass is 79.9. The minimum Gasteiger partial charge on any atom is -0.480 e. The van der Waals surface area contributed by atoms with Crippen LogP contribution in [0.25, 0.3) is 11.3 Å². The molecular formula is C13H13BrN2O. The third-order valence-corrected chi connectivity index (χ3v) is 3.24. The van der Waals surface area contributed by atoms with Gasteiger partial charge in [0, 0.05) is 5.56 Å². The lowest BCUT2D eigenvalue weighted by Gasteiger charge is -2.10. The van der Waals surface area contributed by atoms with Gasteiger partial charge in [-0.25, -0.2) is 4.98 Å². The summed E-state index contributed by atoms with van der Waals surface area (Å²) in [6.07, 6.45) is 0. The Hall–Kier alpha value is -1.42. The molecule has 0 bridgehead atoms. The van der Waals surface area contributed by atoms with Crippen molar-refractivity contribution in [3.8, 4) is 17.1 Å². The molecule has 88 valence electrons. The van der Waals surface area contributed by atoms with Crippen LogP contribution in [0, 0.1) is 13.8 Å². The number of ether oxygens (including phenoxy) is 1. The Labute approximate surface area is 109 Å². The molecular weight excluding hydrogens is 280 g/mol. The number of methoxy groups -OCH3 is 1. The number of benzene rings is 1. The maximum absolute atomic E-state index is 5.23. The second-order valence-electron chi connectivity index (χ2n) is 3.76. The van der Waals surface area contributed by atoms with Crippen molar-refractivity contribution in [3.05, 3.63) is 40.1 Å². The van der Waals surface area contributed by atoms with Gasteiger partial charge in [0.1, 0.15) is 10.3 Å². The van der Waals surface area contributed by atoms with Gasteiger partial charge in [0.15, 0.2) is 0 Å². The van der Waals surface area contributed by atoms with E-state index in [4.69, 9.17) is 4.74 Å². The third-order valence-electron chi connectivity index (χ3n) is 2.53. The minimum atomic E-state index is 0.566. The number of hydrogen-bond acceptors (Lipinski definition) is 3. The van der Waals surface area contributed by atoms with Crippen LogP contribution in [0.15, 0.2) is 28.7 Å². The van der Waals surface area contributed by atoms with Crippen LogP contribution in [0.5, 0.6) is 5.88 Å². The molecule has 17 heavy (non-hydrogen) atoms. The van der Waals surface area contributed by atoms with Crippen molar-refractivity contribution in [1.82, 2.24) is 9.97 Å². The molecule has 0 radical (unpaired) electrons. The van der Waals surface area contributed by atoms with Gasteiger partial charge in [0.25, 0.3) is 0 Å². The van der Waals surface area contributed by atoms with Crippen LogP contribution in [0.2, 0.25) is 0 Å². The van der Waals surface area contributed by atoms with Gasteiger partial charge in [0.05, 0.1) is 12.8 Å². The van der Waals surface area contributed by atoms with Crippen LogP contribution in [0.3, 0.4) is 0 Å². The largest absolute Gasteiger partial charge is 0.480 e. The van der Waals surface area contributed by atoms with E-state index in [9.17, 15) is 0 Å². The molecule has 0 spiro atoms. The first-order valence-corrected chi connectivity index (χ1v) is 6.07. The standard InChI is InChI=1S/C13H13BrN2O/c1-8-6-4-5-7-10(8)12-11(14)13(17-3)16-9(2)15-12/h4-7H,1-3H3. The molecule has 0 fully saturated rings. The Morgan fingerprint density at radius 3 is 2.47 bits per heavy atom. The van der Waals surface area contributed by atoms with Gasteiger partial charge in [0.2, 0.25) is 5.88 Å². The monoisotopic (exact) mass is 292 g/mol. The highest BCUT2D eigenvalue weighted by molar-refractivity contribution is 9.10. The fourth-order valence-electron chi connectivity index (χ4n) is 1.69. The van der Waals surface area contributed by atoms with Gasteiger partial charge in [-0.05, 0) is 35.3 Å². The van der Waals surface area contributed by atoms with E-state index in [1.165, 1.54) is 5.56 Å². The van der Waals surface area contributed by atoms with E-state index in [2.05, 4.69) is 38.9 Å². The topological polar surface area (TPSA) is 35.0 Å². The molecule has 0 aliphatic carbocycles. The fourth-order valence-corrected chi connectivity index (χ4v) is 2.24. The van der Waals surface area contributed by atoms with Crippen molar-refractivity contribution < 1.29 is 4.74 Å². The lowest BCUT2D eigenvalue weighted by molar-refractivity contribution is 0.393. The molecule has 0 unspecified atom stereocenters. The van der Waals surface area contributed by atoms with E-state index in [0.29, 0.717) is 11.7 Å². The highest BCUT2D eigenvalue weighted by Crippen LogP contribution is 2.34. The van der Waals surface area contributed by atoms with E-state index >= 15 is 0 Å². The molecule has 0 aliphatic rings. The number of halogens is 1. The fraction of sp³-hybridized carbons (Fsp3) is 0.231. The van der Waals surface area contributed by atoms with Crippen molar-refractivity contribution >= 4 is 15.9 Å². The molecule has 2 rings (SSSR count). The molecule has 0 aliphatic heterocycles. The summed E-state index contributed by atoms with van der Waals surface area (Å²) in [5.74, 6) is 1.26. The average molecular weight is 293 g/mol. The summed E-state index contributed by atoms with van der Waals surface area (Å²) in [5.41, 5.74) is 3.13. The zero-order chi connectivity index (χ0) is 12.4. The summed E-state index contributed by atoms with van der Waals surface area (Å²) in [5, 5.41) is 0. The summed E-state index contributed by atoms with van der Waals surface area (Å²) < 4.78 is 6.02. The molecule has 0 atom stereocenters. The number of hydrogen-bond donors (Lipinski definition) is 0. The smallest absolute Gasteiger partial charge is 0.231 e. The lowest BCUT2D eigenvalue weighted by Crippen LogP contribution is -1.98. The van der Waals surface area contributed by atoms with E-state index in [0.717, 1.165) is 15.7 Å². The minimum absolute atomic E-state index is 0.566. The summed E-state index contributed by atoms with van der Waals surface area (Å²) in [7, 11) is 1.61. The zero-order valence-corrected chi connectivity index (χ0v) is 11.6. The molecule has 3 nitrogen and oxygen atoms in total. The maximum Gasteiger partial charge on any atom is 0.231 e. The average Bonchev–Trinajstić information content (AvgIpc) is 2.32. The Balaban J connectivity index is 2.67. The van der Waals surface area contributed by atoms with E-state index in [-0.39, 0.29) is 0 Å². The van der Waals surface area contributed by atoms with Crippen molar-refractivity contribution in [2.75, 3.05) is 7.11 Å². The molecule has 1 aromatic heterocycles. The van der Waals surface area contributed by atoms with E-state index in [1.54, 1.807) is 7.11 Å². The van der Waals surface area contributed by atoms with Gasteiger partial charge in [-0.1, -0.05) is 24.3 Å². The molecule has 0 saturated heterocycles. The van der Waals surface area contributed by atoms with Gasteiger partial charge in [-0.2, -0.15) is 4.98 Å². The Morgan fingerprint density at radius 1 is 1.12 bits per heavy atom. The predicted octanol–water partition coefficient (Wildman–Crippen LogP) is 3.53. The van der Waals surface area contributed by atoms with Crippen LogP contribution in [-0.4, -0.2) is 17.1 Å². The Bertz CT molecular complexity index is 555. The second kappa shape index (κ2) is 4.84. The van der Waals surface area contributed by atoms with E-state index in [1.807, 2.05) is 25.1 Å². The second-order valence-corrected chi connectivity index (χ2v) is 4.55. The van der Waals surface area contributed by atoms with Gasteiger partial charge in [-0.15, -0.1) is 0 Å². The maximum atomic E-state index is 5.23. The first-order chi connectivity index (χ1) is 8.13. The zero-order valence-electron chi connectivity index (χ0n) is 9.99. The Morgan fingerprint density at radius 2 is 1.82 bits per heavy atom. The number of aromatic nitrogens is 2. The van der Waals surface area contributed by atoms with Crippen molar-refractivity contribution in [2.24, 2.45) is 0 Å². The Kier molecular flexibility index (Phi) is 3.43. The summed E-state index contributed by atoms with van der Waals surface area (Å²) in [4.78, 5) is 8.70. The van der Waals surface area contributed by atoms with Crippen molar-refractivity contribution in [2.45, 2.75) is 13.8 Å². The first-order valence-electron chi connectivity index (χ1n) is 5.27. The molecule has 4 heteroatoms. The van der Waals surface area contributed by atoms with Gasteiger partial charge >= 0.3 is 0 Å². The predicted molar refractivity (Wildman–Crippen MR) is 71.2 cm³/mol. The van der Waals surface area contributed by atoms with Crippen molar-refractivity contribution in [3.63, 3.8) is 0 Å². The van der Waals surface area contributed by atoms with E-state index < -0.39 is 0 Å². The number of rotatable bonds is 2. The molecule has 1 heterocycles. The summed E-state index contributed by atoms with van der Waals surface area (Å²) in [6.45, 7) is 3.92. The molecule has 1 aromatic carbocycles. The van der Waals surface area contributed by atoms with Crippen LogP contribution in [-0.2, 0) is 0 Å². The summed E-state index contributed by atoms with van der Waals surface area (Å²) >= 11 is 3.50. The van der Waals surface area contributed by atoms with Crippen molar-refractivity contribution in [1.29, 1.82) is 0 Å². The SMILES string of the molecule is COc1nc(C)nc(-c2ccccc2C)c1Br. The molecule has 0 saturated carbocycles. The third kappa shape index (κ3) is 2.31. The first kappa shape index (κ1) is 12.0. The van der Waals surface area contributed by atoms with Crippen LogP contribution in [0.4, 0.5) is 0 Å². The molecule has 2 aromatic rings. The molecule has 0 N–H and O–H groups in total. The van der Waals surface area contributed by atoms with Gasteiger partial charge < -0.3 is 4.74 Å². The summed E-state index contributed by atoms with van der Waals surface area (Å²) in [6, 6.07) is 8.11. The number of aryl methyl sites for hydroxylation is 2. The van der Waals surface area contributed by atoms with Gasteiger partial charge in [-0.3, -0.25) is 0 Å². The van der Waals surface area contributed by atoms with Crippen LogP contribution >= 0.6 is 15.9 Å². The van der Waals surface area contributed by atoms with Crippen LogP contribution < -0.4 is 4.74 Å². The normalized spacial score (nSPS) is 10.4.